The maximum atomic E-state index is 11.6. The Hall–Kier alpha value is -3.00. The lowest BCUT2D eigenvalue weighted by Gasteiger charge is -2.12. The summed E-state index contributed by atoms with van der Waals surface area (Å²) in [5.74, 6) is 1.39. The molecule has 0 fully saturated rings. The van der Waals surface area contributed by atoms with Crippen molar-refractivity contribution in [1.29, 1.82) is 0 Å². The van der Waals surface area contributed by atoms with E-state index >= 15 is 0 Å². The molecule has 0 spiro atoms. The number of sulfone groups is 1. The second-order valence-electron chi connectivity index (χ2n) is 6.39. The molecule has 0 amide bonds. The van der Waals surface area contributed by atoms with Crippen LogP contribution in [0.3, 0.4) is 0 Å². The highest BCUT2D eigenvalue weighted by Crippen LogP contribution is 2.21. The quantitative estimate of drug-likeness (QED) is 0.672. The molecule has 2 aromatic carbocycles. The van der Waals surface area contributed by atoms with Crippen LogP contribution in [-0.4, -0.2) is 35.7 Å². The first-order valence-electron chi connectivity index (χ1n) is 8.46. The van der Waals surface area contributed by atoms with Crippen LogP contribution in [0.1, 0.15) is 13.8 Å². The molecule has 2 N–H and O–H groups in total. The number of nitrogens with one attached hydrogen (secondary N) is 2. The van der Waals surface area contributed by atoms with Gasteiger partial charge < -0.3 is 10.6 Å². The summed E-state index contributed by atoms with van der Waals surface area (Å²) < 4.78 is 23.2. The molecule has 140 valence electrons. The smallest absolute Gasteiger partial charge is 0.232 e. The summed E-state index contributed by atoms with van der Waals surface area (Å²) in [5, 5.41) is 6.30. The number of aromatic nitrogens is 3. The molecular formula is C19H21N5O2S. The van der Waals surface area contributed by atoms with Crippen molar-refractivity contribution in [1.82, 2.24) is 15.0 Å². The monoisotopic (exact) mass is 383 g/mol. The first kappa shape index (κ1) is 18.8. The molecule has 0 saturated carbocycles. The maximum Gasteiger partial charge on any atom is 0.232 e. The van der Waals surface area contributed by atoms with Gasteiger partial charge in [-0.05, 0) is 38.1 Å². The van der Waals surface area contributed by atoms with Gasteiger partial charge in [-0.2, -0.15) is 15.0 Å². The van der Waals surface area contributed by atoms with Crippen molar-refractivity contribution in [3.8, 4) is 11.4 Å². The highest BCUT2D eigenvalue weighted by molar-refractivity contribution is 7.90. The van der Waals surface area contributed by atoms with Crippen LogP contribution in [0.25, 0.3) is 11.4 Å². The Kier molecular flexibility index (Phi) is 5.36. The van der Waals surface area contributed by atoms with Crippen LogP contribution < -0.4 is 10.6 Å². The van der Waals surface area contributed by atoms with Crippen molar-refractivity contribution in [2.75, 3.05) is 16.9 Å². The third kappa shape index (κ3) is 5.01. The fourth-order valence-corrected chi connectivity index (χ4v) is 3.02. The summed E-state index contributed by atoms with van der Waals surface area (Å²) in [5.41, 5.74) is 1.56. The van der Waals surface area contributed by atoms with E-state index in [1.807, 2.05) is 44.2 Å². The molecule has 0 aliphatic carbocycles. The Labute approximate surface area is 158 Å². The fourth-order valence-electron chi connectivity index (χ4n) is 2.39. The van der Waals surface area contributed by atoms with Crippen LogP contribution in [0.5, 0.6) is 0 Å². The van der Waals surface area contributed by atoms with E-state index < -0.39 is 9.84 Å². The van der Waals surface area contributed by atoms with Gasteiger partial charge in [0.15, 0.2) is 15.7 Å². The average Bonchev–Trinajstić information content (AvgIpc) is 2.61. The molecule has 0 aliphatic heterocycles. The zero-order valence-corrected chi connectivity index (χ0v) is 16.2. The number of hydrogen-bond donors (Lipinski definition) is 2. The summed E-state index contributed by atoms with van der Waals surface area (Å²) in [6.07, 6.45) is 1.18. The number of rotatable bonds is 6. The Bertz CT molecular complexity index is 1020. The number of anilines is 3. The van der Waals surface area contributed by atoms with Crippen LogP contribution in [0, 0.1) is 0 Å². The number of nitrogens with zero attached hydrogens (tertiary/aromatic N) is 3. The molecule has 8 heteroatoms. The second kappa shape index (κ2) is 7.71. The lowest BCUT2D eigenvalue weighted by Crippen LogP contribution is -2.14. The van der Waals surface area contributed by atoms with Crippen molar-refractivity contribution in [3.63, 3.8) is 0 Å². The van der Waals surface area contributed by atoms with E-state index in [0.717, 1.165) is 5.56 Å². The molecule has 7 nitrogen and oxygen atoms in total. The Balaban J connectivity index is 1.94. The van der Waals surface area contributed by atoms with Gasteiger partial charge in [0.25, 0.3) is 0 Å². The van der Waals surface area contributed by atoms with E-state index in [-0.39, 0.29) is 10.9 Å². The first-order chi connectivity index (χ1) is 12.8. The van der Waals surface area contributed by atoms with Crippen molar-refractivity contribution in [2.45, 2.75) is 24.8 Å². The zero-order valence-electron chi connectivity index (χ0n) is 15.3. The van der Waals surface area contributed by atoms with Gasteiger partial charge in [0.05, 0.1) is 4.90 Å². The molecule has 1 heterocycles. The predicted molar refractivity (Wildman–Crippen MR) is 107 cm³/mol. The molecule has 0 radical (unpaired) electrons. The van der Waals surface area contributed by atoms with Crippen molar-refractivity contribution >= 4 is 27.4 Å². The molecule has 1 aromatic heterocycles. The molecule has 0 unspecified atom stereocenters. The zero-order chi connectivity index (χ0) is 19.4. The molecule has 0 bridgehead atoms. The number of hydrogen-bond acceptors (Lipinski definition) is 7. The summed E-state index contributed by atoms with van der Waals surface area (Å²) in [6, 6.07) is 16.2. The van der Waals surface area contributed by atoms with Crippen LogP contribution in [-0.2, 0) is 9.84 Å². The summed E-state index contributed by atoms with van der Waals surface area (Å²) in [4.78, 5) is 13.6. The van der Waals surface area contributed by atoms with Crippen LogP contribution in [0.4, 0.5) is 17.6 Å². The normalized spacial score (nSPS) is 11.4. The molecule has 0 saturated heterocycles. The molecule has 3 aromatic rings. The highest BCUT2D eigenvalue weighted by Gasteiger charge is 2.11. The van der Waals surface area contributed by atoms with E-state index in [4.69, 9.17) is 0 Å². The lowest BCUT2D eigenvalue weighted by atomic mass is 10.2. The minimum Gasteiger partial charge on any atom is -0.352 e. The minimum atomic E-state index is -3.23. The summed E-state index contributed by atoms with van der Waals surface area (Å²) in [7, 11) is -3.23. The van der Waals surface area contributed by atoms with Gasteiger partial charge in [-0.15, -0.1) is 0 Å². The topological polar surface area (TPSA) is 96.9 Å². The Morgan fingerprint density at radius 3 is 2.07 bits per heavy atom. The minimum absolute atomic E-state index is 0.165. The van der Waals surface area contributed by atoms with Crippen molar-refractivity contribution in [2.24, 2.45) is 0 Å². The Morgan fingerprint density at radius 2 is 1.48 bits per heavy atom. The standard InChI is InChI=1S/C19H21N5O2S/c1-13(2)20-18-22-17(14-7-5-4-6-8-14)23-19(24-18)21-15-9-11-16(12-10-15)27(3,25)26/h4-13H,1-3H3,(H2,20,21,22,23,24). The highest BCUT2D eigenvalue weighted by atomic mass is 32.2. The second-order valence-corrected chi connectivity index (χ2v) is 8.41. The number of benzene rings is 2. The van der Waals surface area contributed by atoms with Gasteiger partial charge in [0.1, 0.15) is 0 Å². The van der Waals surface area contributed by atoms with Crippen LogP contribution >= 0.6 is 0 Å². The Morgan fingerprint density at radius 1 is 0.852 bits per heavy atom. The lowest BCUT2D eigenvalue weighted by molar-refractivity contribution is 0.602. The van der Waals surface area contributed by atoms with Crippen molar-refractivity contribution < 1.29 is 8.42 Å². The molecule has 0 aliphatic rings. The molecule has 27 heavy (non-hydrogen) atoms. The van der Waals surface area contributed by atoms with Gasteiger partial charge in [-0.1, -0.05) is 30.3 Å². The van der Waals surface area contributed by atoms with Crippen LogP contribution in [0.2, 0.25) is 0 Å². The molecule has 0 atom stereocenters. The van der Waals surface area contributed by atoms with E-state index in [2.05, 4.69) is 25.6 Å². The van der Waals surface area contributed by atoms with Gasteiger partial charge in [-0.25, -0.2) is 8.42 Å². The SMILES string of the molecule is CC(C)Nc1nc(Nc2ccc(S(C)(=O)=O)cc2)nc(-c2ccccc2)n1. The van der Waals surface area contributed by atoms with Gasteiger partial charge in [0, 0.05) is 23.5 Å². The largest absolute Gasteiger partial charge is 0.352 e. The third-order valence-corrected chi connectivity index (χ3v) is 4.75. The van der Waals surface area contributed by atoms with E-state index in [0.29, 0.717) is 23.4 Å². The van der Waals surface area contributed by atoms with Crippen LogP contribution in [0.15, 0.2) is 59.5 Å². The van der Waals surface area contributed by atoms with E-state index in [9.17, 15) is 8.42 Å². The van der Waals surface area contributed by atoms with E-state index in [1.165, 1.54) is 6.26 Å². The predicted octanol–water partition coefficient (Wildman–Crippen LogP) is 3.51. The third-order valence-electron chi connectivity index (χ3n) is 3.62. The summed E-state index contributed by atoms with van der Waals surface area (Å²) >= 11 is 0. The average molecular weight is 383 g/mol. The van der Waals surface area contributed by atoms with Gasteiger partial charge in [0.2, 0.25) is 11.9 Å². The fraction of sp³-hybridized carbons (Fsp3) is 0.211. The van der Waals surface area contributed by atoms with E-state index in [1.54, 1.807) is 24.3 Å². The first-order valence-corrected chi connectivity index (χ1v) is 10.4. The molecular weight excluding hydrogens is 362 g/mol. The molecule has 3 rings (SSSR count). The van der Waals surface area contributed by atoms with Crippen molar-refractivity contribution in [3.05, 3.63) is 54.6 Å². The summed E-state index contributed by atoms with van der Waals surface area (Å²) in [6.45, 7) is 4.01. The van der Waals surface area contributed by atoms with Gasteiger partial charge in [-0.3, -0.25) is 0 Å². The maximum absolute atomic E-state index is 11.6. The van der Waals surface area contributed by atoms with Gasteiger partial charge >= 0.3 is 0 Å².